The van der Waals surface area contributed by atoms with Crippen molar-refractivity contribution < 1.29 is 13.2 Å². The van der Waals surface area contributed by atoms with Crippen molar-refractivity contribution in [3.8, 4) is 0 Å². The first-order valence-electron chi connectivity index (χ1n) is 10.5. The molecule has 8 heteroatoms. The third-order valence-electron chi connectivity index (χ3n) is 5.02. The van der Waals surface area contributed by atoms with Gasteiger partial charge in [-0.15, -0.1) is 0 Å². The first kappa shape index (κ1) is 23.6. The van der Waals surface area contributed by atoms with E-state index in [4.69, 9.17) is 0 Å². The van der Waals surface area contributed by atoms with E-state index >= 15 is 0 Å². The molecule has 29 heavy (non-hydrogen) atoms. The van der Waals surface area contributed by atoms with E-state index in [1.165, 1.54) is 0 Å². The summed E-state index contributed by atoms with van der Waals surface area (Å²) in [5, 5.41) is 5.86. The summed E-state index contributed by atoms with van der Waals surface area (Å²) >= 11 is 0. The second kappa shape index (κ2) is 10.9. The molecule has 2 amide bonds. The fraction of sp³-hybridized carbons (Fsp3) is 0.667. The van der Waals surface area contributed by atoms with E-state index < -0.39 is 10.0 Å². The van der Waals surface area contributed by atoms with Gasteiger partial charge in [0.1, 0.15) is 0 Å². The standard InChI is InChI=1S/C21H36N4O3S/c1-17(2)14-19(16-24(3)4)23-21(26)22-15-18-10-6-7-11-20(18)29(27,28)25-12-8-5-9-13-25/h6-7,10-11,17,19H,5,8-9,12-16H2,1-4H3,(H2,22,23,26). The number of amides is 2. The highest BCUT2D eigenvalue weighted by atomic mass is 32.2. The molecule has 1 atom stereocenters. The average molecular weight is 425 g/mol. The van der Waals surface area contributed by atoms with Gasteiger partial charge in [0.15, 0.2) is 0 Å². The van der Waals surface area contributed by atoms with Gasteiger partial charge in [0, 0.05) is 32.2 Å². The normalized spacial score (nSPS) is 16.8. The molecule has 1 aromatic rings. The third-order valence-corrected chi connectivity index (χ3v) is 7.02. The summed E-state index contributed by atoms with van der Waals surface area (Å²) < 4.78 is 27.7. The van der Waals surface area contributed by atoms with Gasteiger partial charge in [-0.05, 0) is 50.9 Å². The number of carbonyl (C=O) groups excluding carboxylic acids is 1. The Morgan fingerprint density at radius 1 is 1.14 bits per heavy atom. The lowest BCUT2D eigenvalue weighted by Gasteiger charge is -2.27. The molecule has 1 aliphatic rings. The van der Waals surface area contributed by atoms with Crippen molar-refractivity contribution in [3.05, 3.63) is 29.8 Å². The van der Waals surface area contributed by atoms with Crippen molar-refractivity contribution in [2.45, 2.75) is 57.0 Å². The molecule has 0 aliphatic carbocycles. The fourth-order valence-electron chi connectivity index (χ4n) is 3.75. The molecule has 0 aromatic heterocycles. The number of rotatable bonds is 9. The Morgan fingerprint density at radius 2 is 1.79 bits per heavy atom. The average Bonchev–Trinajstić information content (AvgIpc) is 2.66. The maximum absolute atomic E-state index is 13.1. The van der Waals surface area contributed by atoms with Gasteiger partial charge in [0.05, 0.1) is 4.90 Å². The molecule has 1 aliphatic heterocycles. The zero-order valence-electron chi connectivity index (χ0n) is 18.1. The molecule has 1 heterocycles. The number of carbonyl (C=O) groups is 1. The van der Waals surface area contributed by atoms with Crippen LogP contribution in [-0.4, -0.2) is 63.4 Å². The second-order valence-electron chi connectivity index (χ2n) is 8.49. The molecule has 0 radical (unpaired) electrons. The van der Waals surface area contributed by atoms with E-state index in [-0.39, 0.29) is 23.5 Å². The van der Waals surface area contributed by atoms with E-state index in [2.05, 4.69) is 24.5 Å². The maximum atomic E-state index is 13.1. The lowest BCUT2D eigenvalue weighted by Crippen LogP contribution is -2.46. The summed E-state index contributed by atoms with van der Waals surface area (Å²) in [5.41, 5.74) is 0.612. The molecular formula is C21H36N4O3S. The minimum absolute atomic E-state index is 0.0392. The summed E-state index contributed by atoms with van der Waals surface area (Å²) in [4.78, 5) is 14.8. The van der Waals surface area contributed by atoms with Crippen LogP contribution in [-0.2, 0) is 16.6 Å². The smallest absolute Gasteiger partial charge is 0.315 e. The first-order valence-corrected chi connectivity index (χ1v) is 11.9. The molecule has 1 saturated heterocycles. The lowest BCUT2D eigenvalue weighted by molar-refractivity contribution is 0.228. The fourth-order valence-corrected chi connectivity index (χ4v) is 5.49. The minimum Gasteiger partial charge on any atom is -0.334 e. The molecule has 164 valence electrons. The zero-order valence-corrected chi connectivity index (χ0v) is 19.0. The van der Waals surface area contributed by atoms with Gasteiger partial charge in [-0.25, -0.2) is 13.2 Å². The summed E-state index contributed by atoms with van der Waals surface area (Å²) in [6.07, 6.45) is 3.74. The van der Waals surface area contributed by atoms with Crippen LogP contribution in [0.4, 0.5) is 4.79 Å². The van der Waals surface area contributed by atoms with Crippen molar-refractivity contribution in [1.82, 2.24) is 19.8 Å². The van der Waals surface area contributed by atoms with Crippen LogP contribution in [0.5, 0.6) is 0 Å². The molecular weight excluding hydrogens is 388 g/mol. The van der Waals surface area contributed by atoms with Crippen molar-refractivity contribution in [3.63, 3.8) is 0 Å². The van der Waals surface area contributed by atoms with Crippen molar-refractivity contribution >= 4 is 16.1 Å². The van der Waals surface area contributed by atoms with E-state index in [0.717, 1.165) is 32.2 Å². The SMILES string of the molecule is CC(C)CC(CN(C)C)NC(=O)NCc1ccccc1S(=O)(=O)N1CCCCC1. The highest BCUT2D eigenvalue weighted by molar-refractivity contribution is 7.89. The molecule has 1 fully saturated rings. The van der Waals surface area contributed by atoms with Gasteiger partial charge in [-0.2, -0.15) is 4.31 Å². The highest BCUT2D eigenvalue weighted by Crippen LogP contribution is 2.23. The van der Waals surface area contributed by atoms with Gasteiger partial charge in [-0.1, -0.05) is 38.5 Å². The minimum atomic E-state index is -3.54. The number of nitrogens with one attached hydrogen (secondary N) is 2. The van der Waals surface area contributed by atoms with Gasteiger partial charge in [0.2, 0.25) is 10.0 Å². The molecule has 0 saturated carbocycles. The molecule has 2 rings (SSSR count). The number of likely N-dealkylation sites (N-methyl/N-ethyl adjacent to an activating group) is 1. The molecule has 1 unspecified atom stereocenters. The van der Waals surface area contributed by atoms with Gasteiger partial charge < -0.3 is 15.5 Å². The van der Waals surface area contributed by atoms with Gasteiger partial charge >= 0.3 is 6.03 Å². The Labute approximate surface area is 175 Å². The number of hydrogen-bond acceptors (Lipinski definition) is 4. The molecule has 0 bridgehead atoms. The van der Waals surface area contributed by atoms with Crippen LogP contribution in [0.2, 0.25) is 0 Å². The van der Waals surface area contributed by atoms with Crippen molar-refractivity contribution in [2.24, 2.45) is 5.92 Å². The van der Waals surface area contributed by atoms with Crippen molar-refractivity contribution in [2.75, 3.05) is 33.7 Å². The number of nitrogens with zero attached hydrogens (tertiary/aromatic N) is 2. The topological polar surface area (TPSA) is 81.8 Å². The summed E-state index contributed by atoms with van der Waals surface area (Å²) in [6.45, 7) is 6.31. The molecule has 1 aromatic carbocycles. The van der Waals surface area contributed by atoms with Crippen LogP contribution >= 0.6 is 0 Å². The summed E-state index contributed by atoms with van der Waals surface area (Å²) in [7, 11) is 0.421. The number of piperidine rings is 1. The second-order valence-corrected chi connectivity index (χ2v) is 10.4. The van der Waals surface area contributed by atoms with E-state index in [1.54, 1.807) is 28.6 Å². The van der Waals surface area contributed by atoms with E-state index in [0.29, 0.717) is 24.6 Å². The van der Waals surface area contributed by atoms with Crippen LogP contribution in [0, 0.1) is 5.92 Å². The lowest BCUT2D eigenvalue weighted by atomic mass is 10.0. The van der Waals surface area contributed by atoms with Crippen LogP contribution in [0.3, 0.4) is 0 Å². The zero-order chi connectivity index (χ0) is 21.4. The number of hydrogen-bond donors (Lipinski definition) is 2. The quantitative estimate of drug-likeness (QED) is 0.638. The highest BCUT2D eigenvalue weighted by Gasteiger charge is 2.28. The Morgan fingerprint density at radius 3 is 2.41 bits per heavy atom. The van der Waals surface area contributed by atoms with Gasteiger partial charge in [-0.3, -0.25) is 0 Å². The molecule has 7 nitrogen and oxygen atoms in total. The number of urea groups is 1. The summed E-state index contributed by atoms with van der Waals surface area (Å²) in [6, 6.07) is 6.70. The molecule has 2 N–H and O–H groups in total. The molecule has 0 spiro atoms. The third kappa shape index (κ3) is 7.28. The van der Waals surface area contributed by atoms with Crippen LogP contribution < -0.4 is 10.6 Å². The van der Waals surface area contributed by atoms with Crippen LogP contribution in [0.1, 0.15) is 45.1 Å². The number of benzene rings is 1. The number of sulfonamides is 1. The van der Waals surface area contributed by atoms with Gasteiger partial charge in [0.25, 0.3) is 0 Å². The summed E-state index contributed by atoms with van der Waals surface area (Å²) in [5.74, 6) is 0.468. The Bertz CT molecular complexity index is 749. The maximum Gasteiger partial charge on any atom is 0.315 e. The monoisotopic (exact) mass is 424 g/mol. The largest absolute Gasteiger partial charge is 0.334 e. The van der Waals surface area contributed by atoms with Crippen LogP contribution in [0.15, 0.2) is 29.2 Å². The predicted molar refractivity (Wildman–Crippen MR) is 116 cm³/mol. The Kier molecular flexibility index (Phi) is 8.92. The first-order chi connectivity index (χ1) is 13.7. The van der Waals surface area contributed by atoms with E-state index in [9.17, 15) is 13.2 Å². The van der Waals surface area contributed by atoms with Crippen molar-refractivity contribution in [1.29, 1.82) is 0 Å². The van der Waals surface area contributed by atoms with Crippen LogP contribution in [0.25, 0.3) is 0 Å². The predicted octanol–water partition coefficient (Wildman–Crippen LogP) is 2.64. The van der Waals surface area contributed by atoms with E-state index in [1.807, 2.05) is 19.0 Å². The Balaban J connectivity index is 2.04. The Hall–Kier alpha value is -1.64.